The van der Waals surface area contributed by atoms with Crippen LogP contribution in [0.5, 0.6) is 0 Å². The number of hydrogen-bond acceptors (Lipinski definition) is 4. The molecule has 17 heavy (non-hydrogen) atoms. The molecule has 0 radical (unpaired) electrons. The average molecular weight is 272 g/mol. The highest BCUT2D eigenvalue weighted by Gasteiger charge is 2.10. The first-order valence-electron chi connectivity index (χ1n) is 5.58. The number of carboxylic acids is 1. The highest BCUT2D eigenvalue weighted by atomic mass is 32.1. The van der Waals surface area contributed by atoms with E-state index in [0.29, 0.717) is 11.3 Å². The third-order valence-electron chi connectivity index (χ3n) is 2.32. The molecule has 0 saturated heterocycles. The number of carbonyl (C=O) groups is 2. The van der Waals surface area contributed by atoms with Crippen LogP contribution in [0.1, 0.15) is 40.2 Å². The molecule has 0 aliphatic carbocycles. The second kappa shape index (κ2) is 7.50. The van der Waals surface area contributed by atoms with Gasteiger partial charge < -0.3 is 5.11 Å². The average Bonchev–Trinajstić information content (AvgIpc) is 2.71. The number of aliphatic carboxylic acids is 1. The predicted octanol–water partition coefficient (Wildman–Crippen LogP) is 3.05. The summed E-state index contributed by atoms with van der Waals surface area (Å²) >= 11 is 5.40. The first kappa shape index (κ1) is 14.3. The van der Waals surface area contributed by atoms with Gasteiger partial charge >= 0.3 is 5.97 Å². The number of Topliss-reactive ketones (excluding diaryl/α,β-unsaturated/α-hetero) is 1. The van der Waals surface area contributed by atoms with Crippen molar-refractivity contribution in [3.8, 4) is 0 Å². The molecule has 0 atom stereocenters. The van der Waals surface area contributed by atoms with Crippen molar-refractivity contribution >= 4 is 35.7 Å². The number of ketones is 1. The number of rotatable bonds is 8. The number of carboxylic acid groups (broad SMARTS) is 1. The van der Waals surface area contributed by atoms with Gasteiger partial charge in [0.2, 0.25) is 0 Å². The number of carbonyl (C=O) groups excluding carboxylic acids is 1. The highest BCUT2D eigenvalue weighted by Crippen LogP contribution is 2.19. The minimum atomic E-state index is -0.861. The van der Waals surface area contributed by atoms with E-state index in [9.17, 15) is 9.59 Å². The first-order valence-corrected chi connectivity index (χ1v) is 7.03. The van der Waals surface area contributed by atoms with Crippen molar-refractivity contribution in [2.45, 2.75) is 32.1 Å². The second-order valence-electron chi connectivity index (χ2n) is 3.79. The summed E-state index contributed by atoms with van der Waals surface area (Å²) in [5.74, 6) is 0.112. The lowest BCUT2D eigenvalue weighted by Crippen LogP contribution is -1.97. The molecular weight excluding hydrogens is 256 g/mol. The molecule has 1 rings (SSSR count). The van der Waals surface area contributed by atoms with Gasteiger partial charge in [0.05, 0.1) is 11.3 Å². The van der Waals surface area contributed by atoms with E-state index in [2.05, 4.69) is 12.6 Å². The fourth-order valence-corrected chi connectivity index (χ4v) is 2.66. The fraction of sp³-hybridized carbons (Fsp3) is 0.500. The molecule has 1 heterocycles. The first-order chi connectivity index (χ1) is 8.13. The van der Waals surface area contributed by atoms with E-state index in [1.165, 1.54) is 11.3 Å². The minimum Gasteiger partial charge on any atom is -0.481 e. The maximum Gasteiger partial charge on any atom is 0.308 e. The summed E-state index contributed by atoms with van der Waals surface area (Å²) < 4.78 is 0. The van der Waals surface area contributed by atoms with Crippen LogP contribution < -0.4 is 0 Å². The summed E-state index contributed by atoms with van der Waals surface area (Å²) in [7, 11) is 0. The van der Waals surface area contributed by atoms with Crippen molar-refractivity contribution in [3.05, 3.63) is 21.9 Å². The van der Waals surface area contributed by atoms with E-state index in [4.69, 9.17) is 5.11 Å². The Morgan fingerprint density at radius 3 is 2.65 bits per heavy atom. The van der Waals surface area contributed by atoms with Crippen LogP contribution in [0.3, 0.4) is 0 Å². The van der Waals surface area contributed by atoms with Crippen molar-refractivity contribution in [1.82, 2.24) is 0 Å². The van der Waals surface area contributed by atoms with Gasteiger partial charge in [0.15, 0.2) is 5.78 Å². The molecule has 5 heteroatoms. The van der Waals surface area contributed by atoms with Gasteiger partial charge in [-0.3, -0.25) is 9.59 Å². The van der Waals surface area contributed by atoms with Crippen LogP contribution in [0.15, 0.2) is 12.1 Å². The van der Waals surface area contributed by atoms with E-state index in [0.717, 1.165) is 29.9 Å². The maximum atomic E-state index is 11.8. The predicted molar refractivity (Wildman–Crippen MR) is 72.3 cm³/mol. The summed E-state index contributed by atoms with van der Waals surface area (Å²) in [6.45, 7) is 0. The van der Waals surface area contributed by atoms with Crippen molar-refractivity contribution in [2.24, 2.45) is 0 Å². The molecule has 0 aromatic carbocycles. The second-order valence-corrected chi connectivity index (χ2v) is 5.41. The van der Waals surface area contributed by atoms with Crippen LogP contribution in [0.2, 0.25) is 0 Å². The van der Waals surface area contributed by atoms with Gasteiger partial charge in [0.1, 0.15) is 0 Å². The zero-order chi connectivity index (χ0) is 12.7. The topological polar surface area (TPSA) is 54.4 Å². The summed E-state index contributed by atoms with van der Waals surface area (Å²) in [5.41, 5.74) is 0. The van der Waals surface area contributed by atoms with Crippen LogP contribution in [0, 0.1) is 0 Å². The van der Waals surface area contributed by atoms with E-state index >= 15 is 0 Å². The molecule has 0 aliphatic heterocycles. The summed E-state index contributed by atoms with van der Waals surface area (Å²) in [6, 6.07) is 3.45. The van der Waals surface area contributed by atoms with Crippen LogP contribution >= 0.6 is 24.0 Å². The molecule has 1 aromatic rings. The SMILES string of the molecule is O=C(O)Cc1ccc(C(=O)CCCCCS)s1. The van der Waals surface area contributed by atoms with Crippen LogP contribution in [0.25, 0.3) is 0 Å². The molecular formula is C12H16O3S2. The van der Waals surface area contributed by atoms with Crippen molar-refractivity contribution in [1.29, 1.82) is 0 Å². The van der Waals surface area contributed by atoms with Crippen molar-refractivity contribution in [2.75, 3.05) is 5.75 Å². The van der Waals surface area contributed by atoms with E-state index in [1.54, 1.807) is 12.1 Å². The molecule has 0 bridgehead atoms. The Kier molecular flexibility index (Phi) is 6.29. The minimum absolute atomic E-state index is 0.00238. The van der Waals surface area contributed by atoms with Crippen molar-refractivity contribution in [3.63, 3.8) is 0 Å². The molecule has 0 unspecified atom stereocenters. The Labute approximate surface area is 110 Å². The lowest BCUT2D eigenvalue weighted by atomic mass is 10.1. The van der Waals surface area contributed by atoms with E-state index in [1.807, 2.05) is 0 Å². The van der Waals surface area contributed by atoms with Gasteiger partial charge in [0.25, 0.3) is 0 Å². The molecule has 0 fully saturated rings. The Hall–Kier alpha value is -0.810. The van der Waals surface area contributed by atoms with Gasteiger partial charge in [-0.25, -0.2) is 0 Å². The maximum absolute atomic E-state index is 11.8. The van der Waals surface area contributed by atoms with Gasteiger partial charge in [-0.1, -0.05) is 6.42 Å². The summed E-state index contributed by atoms with van der Waals surface area (Å²) in [5, 5.41) is 8.63. The highest BCUT2D eigenvalue weighted by molar-refractivity contribution is 7.80. The number of unbranched alkanes of at least 4 members (excludes halogenated alkanes) is 2. The fourth-order valence-electron chi connectivity index (χ4n) is 1.47. The lowest BCUT2D eigenvalue weighted by molar-refractivity contribution is -0.136. The van der Waals surface area contributed by atoms with Gasteiger partial charge in [-0.15, -0.1) is 11.3 Å². The Bertz CT molecular complexity index is 385. The van der Waals surface area contributed by atoms with Crippen LogP contribution in [-0.4, -0.2) is 22.6 Å². The molecule has 0 spiro atoms. The quantitative estimate of drug-likeness (QED) is 0.434. The van der Waals surface area contributed by atoms with Gasteiger partial charge in [-0.05, 0) is 30.7 Å². The molecule has 0 aliphatic rings. The zero-order valence-electron chi connectivity index (χ0n) is 9.52. The van der Waals surface area contributed by atoms with E-state index < -0.39 is 5.97 Å². The number of hydrogen-bond donors (Lipinski definition) is 2. The van der Waals surface area contributed by atoms with Crippen LogP contribution in [-0.2, 0) is 11.2 Å². The van der Waals surface area contributed by atoms with Crippen LogP contribution in [0.4, 0.5) is 0 Å². The Morgan fingerprint density at radius 2 is 2.00 bits per heavy atom. The Morgan fingerprint density at radius 1 is 1.24 bits per heavy atom. The molecule has 1 N–H and O–H groups in total. The normalized spacial score (nSPS) is 10.4. The van der Waals surface area contributed by atoms with Crippen molar-refractivity contribution < 1.29 is 14.7 Å². The molecule has 94 valence electrons. The smallest absolute Gasteiger partial charge is 0.308 e. The van der Waals surface area contributed by atoms with Gasteiger partial charge in [-0.2, -0.15) is 12.6 Å². The Balaban J connectivity index is 2.41. The molecule has 0 amide bonds. The third kappa shape index (κ3) is 5.37. The summed E-state index contributed by atoms with van der Waals surface area (Å²) in [4.78, 5) is 23.7. The molecule has 3 nitrogen and oxygen atoms in total. The molecule has 1 aromatic heterocycles. The number of thiol groups is 1. The third-order valence-corrected chi connectivity index (χ3v) is 3.77. The van der Waals surface area contributed by atoms with E-state index in [-0.39, 0.29) is 12.2 Å². The largest absolute Gasteiger partial charge is 0.481 e. The summed E-state index contributed by atoms with van der Waals surface area (Å²) in [6.07, 6.45) is 3.47. The number of thiophene rings is 1. The zero-order valence-corrected chi connectivity index (χ0v) is 11.2. The standard InChI is InChI=1S/C12H16O3S2/c13-10(4-2-1-3-7-16)11-6-5-9(17-11)8-12(14)15/h5-6,16H,1-4,7-8H2,(H,14,15). The monoisotopic (exact) mass is 272 g/mol. The van der Waals surface area contributed by atoms with Gasteiger partial charge in [0, 0.05) is 11.3 Å². The molecule has 0 saturated carbocycles. The lowest BCUT2D eigenvalue weighted by Gasteiger charge is -1.97.